The smallest absolute Gasteiger partial charge is 0.174 e. The van der Waals surface area contributed by atoms with Crippen LogP contribution >= 0.6 is 0 Å². The molecular formula is C16H18N4. The van der Waals surface area contributed by atoms with Crippen molar-refractivity contribution in [1.82, 2.24) is 0 Å². The third-order valence-electron chi connectivity index (χ3n) is 3.07. The van der Waals surface area contributed by atoms with Crippen molar-refractivity contribution in [2.24, 2.45) is 5.11 Å². The van der Waals surface area contributed by atoms with E-state index >= 15 is 0 Å². The molecule has 0 aliphatic heterocycles. The molecule has 0 fully saturated rings. The Kier molecular flexibility index (Phi) is 4.60. The molecule has 4 nitrogen and oxygen atoms in total. The summed E-state index contributed by atoms with van der Waals surface area (Å²) in [5, 5.41) is 14.3. The summed E-state index contributed by atoms with van der Waals surface area (Å²) >= 11 is 0. The Balaban J connectivity index is 2.32. The van der Waals surface area contributed by atoms with E-state index in [0.717, 1.165) is 29.8 Å². The lowest BCUT2D eigenvalue weighted by atomic mass is 9.99. The summed E-state index contributed by atoms with van der Waals surface area (Å²) in [5.74, 6) is -0.0196. The predicted octanol–water partition coefficient (Wildman–Crippen LogP) is 4.53. The van der Waals surface area contributed by atoms with E-state index in [1.807, 2.05) is 48.5 Å². The molecule has 2 rings (SSSR count). The minimum absolute atomic E-state index is 0.0196. The predicted molar refractivity (Wildman–Crippen MR) is 82.6 cm³/mol. The van der Waals surface area contributed by atoms with E-state index in [2.05, 4.69) is 17.4 Å². The average molecular weight is 266 g/mol. The number of benzene rings is 2. The Bertz CT molecular complexity index is 602. The maximum atomic E-state index is 7.74. The second-order valence-corrected chi connectivity index (χ2v) is 4.51. The highest BCUT2D eigenvalue weighted by Gasteiger charge is 2.08. The van der Waals surface area contributed by atoms with Gasteiger partial charge in [-0.2, -0.15) is 0 Å². The highest BCUT2D eigenvalue weighted by Crippen LogP contribution is 2.25. The summed E-state index contributed by atoms with van der Waals surface area (Å²) < 4.78 is 0. The zero-order valence-corrected chi connectivity index (χ0v) is 11.5. The number of hydrogen-bond acceptors (Lipinski definition) is 3. The van der Waals surface area contributed by atoms with Crippen molar-refractivity contribution >= 4 is 11.5 Å². The maximum Gasteiger partial charge on any atom is 0.174 e. The fraction of sp³-hybridized carbons (Fsp3) is 0.188. The molecule has 20 heavy (non-hydrogen) atoms. The third-order valence-corrected chi connectivity index (χ3v) is 3.07. The maximum absolute atomic E-state index is 7.74. The van der Waals surface area contributed by atoms with Crippen LogP contribution in [0.1, 0.15) is 18.9 Å². The normalized spacial score (nSPS) is 10.1. The first-order chi connectivity index (χ1) is 9.76. The highest BCUT2D eigenvalue weighted by atomic mass is 15.0. The van der Waals surface area contributed by atoms with E-state index in [-0.39, 0.29) is 5.84 Å². The minimum Gasteiger partial charge on any atom is -0.385 e. The standard InChI is InChI=1S/C16H18N4/c1-2-11-19-13-9-7-12(8-10-13)14-5-3-4-6-15(14)16(17)20-18/h3-10,17-19H,2,11H2,1H3. The van der Waals surface area contributed by atoms with Crippen LogP contribution in [-0.2, 0) is 0 Å². The number of nitrogens with zero attached hydrogens (tertiary/aromatic N) is 1. The summed E-state index contributed by atoms with van der Waals surface area (Å²) in [5.41, 5.74) is 10.7. The van der Waals surface area contributed by atoms with Crippen LogP contribution < -0.4 is 5.32 Å². The molecule has 3 N–H and O–H groups in total. The zero-order valence-electron chi connectivity index (χ0n) is 11.5. The Morgan fingerprint density at radius 3 is 2.45 bits per heavy atom. The van der Waals surface area contributed by atoms with Crippen molar-refractivity contribution < 1.29 is 0 Å². The van der Waals surface area contributed by atoms with Gasteiger partial charge in [-0.15, -0.1) is 5.11 Å². The van der Waals surface area contributed by atoms with E-state index in [1.165, 1.54) is 0 Å². The number of rotatable bonds is 5. The molecule has 0 heterocycles. The van der Waals surface area contributed by atoms with Gasteiger partial charge in [-0.1, -0.05) is 43.3 Å². The Morgan fingerprint density at radius 1 is 1.10 bits per heavy atom. The van der Waals surface area contributed by atoms with Gasteiger partial charge in [0.15, 0.2) is 5.84 Å². The summed E-state index contributed by atoms with van der Waals surface area (Å²) in [7, 11) is 0. The molecule has 2 aromatic carbocycles. The molecular weight excluding hydrogens is 248 g/mol. The van der Waals surface area contributed by atoms with Crippen molar-refractivity contribution in [3.05, 3.63) is 54.1 Å². The molecule has 4 heteroatoms. The van der Waals surface area contributed by atoms with Crippen LogP contribution in [0.3, 0.4) is 0 Å². The van der Waals surface area contributed by atoms with E-state index in [9.17, 15) is 0 Å². The topological polar surface area (TPSA) is 72.1 Å². The van der Waals surface area contributed by atoms with Crippen molar-refractivity contribution in [2.75, 3.05) is 11.9 Å². The number of anilines is 1. The molecule has 0 aliphatic rings. The summed E-state index contributed by atoms with van der Waals surface area (Å²) in [6.07, 6.45) is 1.09. The van der Waals surface area contributed by atoms with Gasteiger partial charge in [0.1, 0.15) is 0 Å². The third kappa shape index (κ3) is 3.09. The van der Waals surface area contributed by atoms with Gasteiger partial charge in [0, 0.05) is 17.8 Å². The van der Waals surface area contributed by atoms with Crippen molar-refractivity contribution in [3.8, 4) is 11.1 Å². The minimum atomic E-state index is -0.0196. The molecule has 0 spiro atoms. The van der Waals surface area contributed by atoms with Crippen LogP contribution in [0.2, 0.25) is 0 Å². The molecule has 0 radical (unpaired) electrons. The second-order valence-electron chi connectivity index (χ2n) is 4.51. The first-order valence-electron chi connectivity index (χ1n) is 6.66. The lowest BCUT2D eigenvalue weighted by Crippen LogP contribution is -1.99. The molecule has 2 aromatic rings. The first-order valence-corrected chi connectivity index (χ1v) is 6.66. The quantitative estimate of drug-likeness (QED) is 0.415. The average Bonchev–Trinajstić information content (AvgIpc) is 2.52. The lowest BCUT2D eigenvalue weighted by molar-refractivity contribution is 0.980. The molecule has 0 saturated carbocycles. The molecule has 0 unspecified atom stereocenters. The van der Waals surface area contributed by atoms with Crippen LogP contribution in [-0.4, -0.2) is 12.4 Å². The van der Waals surface area contributed by atoms with Crippen LogP contribution in [0, 0.1) is 10.9 Å². The van der Waals surface area contributed by atoms with E-state index in [1.54, 1.807) is 0 Å². The Morgan fingerprint density at radius 2 is 1.80 bits per heavy atom. The van der Waals surface area contributed by atoms with Gasteiger partial charge >= 0.3 is 0 Å². The van der Waals surface area contributed by atoms with Crippen molar-refractivity contribution in [1.29, 1.82) is 10.9 Å². The van der Waals surface area contributed by atoms with Crippen LogP contribution in [0.15, 0.2) is 53.6 Å². The van der Waals surface area contributed by atoms with E-state index in [4.69, 9.17) is 10.9 Å². The molecule has 0 aliphatic carbocycles. The molecule has 0 bridgehead atoms. The fourth-order valence-corrected chi connectivity index (χ4v) is 2.04. The van der Waals surface area contributed by atoms with Gasteiger partial charge in [0.2, 0.25) is 0 Å². The van der Waals surface area contributed by atoms with Crippen molar-refractivity contribution in [2.45, 2.75) is 13.3 Å². The van der Waals surface area contributed by atoms with Gasteiger partial charge in [0.25, 0.3) is 0 Å². The molecule has 0 saturated heterocycles. The number of amidine groups is 1. The molecule has 0 atom stereocenters. The molecule has 0 amide bonds. The molecule has 102 valence electrons. The highest BCUT2D eigenvalue weighted by molar-refractivity contribution is 6.02. The monoisotopic (exact) mass is 266 g/mol. The zero-order chi connectivity index (χ0) is 14.4. The van der Waals surface area contributed by atoms with Crippen molar-refractivity contribution in [3.63, 3.8) is 0 Å². The summed E-state index contributed by atoms with van der Waals surface area (Å²) in [4.78, 5) is 0. The van der Waals surface area contributed by atoms with Gasteiger partial charge in [-0.05, 0) is 29.7 Å². The second kappa shape index (κ2) is 6.61. The van der Waals surface area contributed by atoms with Gasteiger partial charge in [-0.3, -0.25) is 5.41 Å². The Labute approximate surface area is 118 Å². The first kappa shape index (κ1) is 13.9. The fourth-order valence-electron chi connectivity index (χ4n) is 2.04. The summed E-state index contributed by atoms with van der Waals surface area (Å²) in [6, 6.07) is 15.7. The SMILES string of the molecule is CCCNc1ccc(-c2ccccc2C(=N)N=N)cc1. The Hall–Kier alpha value is -2.49. The number of hydrogen-bond donors (Lipinski definition) is 3. The summed E-state index contributed by atoms with van der Waals surface area (Å²) in [6.45, 7) is 3.09. The van der Waals surface area contributed by atoms with Crippen LogP contribution in [0.25, 0.3) is 11.1 Å². The van der Waals surface area contributed by atoms with Crippen LogP contribution in [0.4, 0.5) is 5.69 Å². The lowest BCUT2D eigenvalue weighted by Gasteiger charge is -2.09. The largest absolute Gasteiger partial charge is 0.385 e. The van der Waals surface area contributed by atoms with Gasteiger partial charge in [0.05, 0.1) is 0 Å². The van der Waals surface area contributed by atoms with Crippen LogP contribution in [0.5, 0.6) is 0 Å². The van der Waals surface area contributed by atoms with E-state index < -0.39 is 0 Å². The van der Waals surface area contributed by atoms with Gasteiger partial charge in [-0.25, -0.2) is 5.53 Å². The molecule has 0 aromatic heterocycles. The van der Waals surface area contributed by atoms with Gasteiger partial charge < -0.3 is 5.32 Å². The number of nitrogens with one attached hydrogen (secondary N) is 3. The van der Waals surface area contributed by atoms with E-state index in [0.29, 0.717) is 5.56 Å².